The maximum atomic E-state index is 13.4. The van der Waals surface area contributed by atoms with Crippen molar-refractivity contribution in [2.45, 2.75) is 12.8 Å². The third-order valence-electron chi connectivity index (χ3n) is 0.817. The Kier molecular flexibility index (Phi) is 0.993. The third kappa shape index (κ3) is 2.18. The van der Waals surface area contributed by atoms with Crippen LogP contribution in [0.5, 0.6) is 0 Å². The van der Waals surface area contributed by atoms with Crippen molar-refractivity contribution in [2.24, 2.45) is 0 Å². The maximum absolute atomic E-state index is 13.4. The Morgan fingerprint density at radius 1 is 1.73 bits per heavy atom. The highest BCUT2D eigenvalue weighted by Gasteiger charge is 2.26. The van der Waals surface area contributed by atoms with Gasteiger partial charge in [-0.05, 0) is 15.9 Å². The molecular weight excluding hydrogens is 218 g/mol. The van der Waals surface area contributed by atoms with Gasteiger partial charge in [0.15, 0.2) is 0 Å². The van der Waals surface area contributed by atoms with E-state index in [4.69, 9.17) is 6.85 Å². The van der Waals surface area contributed by atoms with E-state index in [-0.39, 0.29) is 4.60 Å². The van der Waals surface area contributed by atoms with Crippen LogP contribution in [0.1, 0.15) is 19.4 Å². The van der Waals surface area contributed by atoms with Gasteiger partial charge in [-0.1, -0.05) is 0 Å². The lowest BCUT2D eigenvalue weighted by atomic mass is 10.3. The fourth-order valence-electron chi connectivity index (χ4n) is 0.416. The SMILES string of the molecule is [2H]c1nc([2H])c(C(F)(F)C([2H])([2H])[2H])nc1Br. The molecule has 0 unspecified atom stereocenters. The summed E-state index contributed by atoms with van der Waals surface area (Å²) in [6, 6.07) is 0. The van der Waals surface area contributed by atoms with Gasteiger partial charge in [0.05, 0.1) is 15.1 Å². The van der Waals surface area contributed by atoms with E-state index in [1.165, 1.54) is 0 Å². The molecule has 1 aromatic rings. The van der Waals surface area contributed by atoms with Crippen molar-refractivity contribution in [3.05, 3.63) is 22.6 Å². The monoisotopic (exact) mass is 227 g/mol. The van der Waals surface area contributed by atoms with Crippen LogP contribution >= 0.6 is 15.9 Å². The molecule has 1 heterocycles. The van der Waals surface area contributed by atoms with E-state index in [1.807, 2.05) is 0 Å². The zero-order valence-corrected chi connectivity index (χ0v) is 6.61. The molecule has 0 aliphatic carbocycles. The molecule has 0 amide bonds. The highest BCUT2D eigenvalue weighted by atomic mass is 79.9. The lowest BCUT2D eigenvalue weighted by molar-refractivity contribution is 0.0122. The summed E-state index contributed by atoms with van der Waals surface area (Å²) in [4.78, 5) is 6.33. The molecule has 11 heavy (non-hydrogen) atoms. The van der Waals surface area contributed by atoms with E-state index >= 15 is 0 Å². The maximum Gasteiger partial charge on any atom is 0.288 e. The van der Waals surface area contributed by atoms with E-state index in [0.29, 0.717) is 0 Å². The topological polar surface area (TPSA) is 25.8 Å². The van der Waals surface area contributed by atoms with Crippen LogP contribution in [0.3, 0.4) is 0 Å². The number of rotatable bonds is 1. The molecule has 0 radical (unpaired) electrons. The molecule has 5 heteroatoms. The first kappa shape index (κ1) is 3.89. The molecule has 1 rings (SSSR count). The quantitative estimate of drug-likeness (QED) is 0.737. The molecule has 0 N–H and O–H groups in total. The molecule has 0 atom stereocenters. The summed E-state index contributed by atoms with van der Waals surface area (Å²) in [7, 11) is 0. The smallest absolute Gasteiger partial charge is 0.260 e. The van der Waals surface area contributed by atoms with Gasteiger partial charge in [0.25, 0.3) is 5.92 Å². The number of halogens is 3. The van der Waals surface area contributed by atoms with Gasteiger partial charge in [0.2, 0.25) is 0 Å². The third-order valence-corrected chi connectivity index (χ3v) is 1.17. The number of nitrogens with zero attached hydrogens (tertiary/aromatic N) is 2. The van der Waals surface area contributed by atoms with Crippen LogP contribution in [0, 0.1) is 0 Å². The second-order valence-electron chi connectivity index (χ2n) is 1.66. The zero-order chi connectivity index (χ0) is 12.7. The summed E-state index contributed by atoms with van der Waals surface area (Å²) >= 11 is 2.68. The summed E-state index contributed by atoms with van der Waals surface area (Å²) in [5.74, 6) is -4.27. The van der Waals surface area contributed by atoms with E-state index in [1.54, 1.807) is 0 Å². The van der Waals surface area contributed by atoms with Gasteiger partial charge < -0.3 is 0 Å². The Bertz CT molecular complexity index is 422. The van der Waals surface area contributed by atoms with Crippen LogP contribution in [-0.2, 0) is 5.92 Å². The van der Waals surface area contributed by atoms with Crippen molar-refractivity contribution < 1.29 is 15.6 Å². The van der Waals surface area contributed by atoms with Crippen LogP contribution < -0.4 is 0 Å². The van der Waals surface area contributed by atoms with Gasteiger partial charge in [-0.2, -0.15) is 8.78 Å². The van der Waals surface area contributed by atoms with E-state index in [0.717, 1.165) is 0 Å². The molecule has 0 aromatic carbocycles. The zero-order valence-electron chi connectivity index (χ0n) is 10.0. The summed E-state index contributed by atoms with van der Waals surface area (Å²) in [6.07, 6.45) is -1.52. The van der Waals surface area contributed by atoms with Crippen molar-refractivity contribution >= 4 is 15.9 Å². The Hall–Kier alpha value is -0.580. The summed E-state index contributed by atoms with van der Waals surface area (Å²) in [5.41, 5.74) is -1.27. The normalized spacial score (nSPS) is 19.4. The number of aromatic nitrogens is 2. The minimum absolute atomic E-state index is 0.331. The first-order chi connectivity index (χ1) is 7.07. The molecule has 0 saturated carbocycles. The van der Waals surface area contributed by atoms with Gasteiger partial charge in [0, 0.05) is 11.0 Å². The van der Waals surface area contributed by atoms with Crippen LogP contribution in [0.4, 0.5) is 8.78 Å². The first-order valence-corrected chi connectivity index (χ1v) is 3.25. The van der Waals surface area contributed by atoms with Gasteiger partial charge >= 0.3 is 0 Å². The Balaban J connectivity index is 3.39. The Labute approximate surface area is 77.8 Å². The van der Waals surface area contributed by atoms with E-state index in [2.05, 4.69) is 25.9 Å². The molecule has 0 fully saturated rings. The molecule has 0 saturated heterocycles. The molecule has 60 valence electrons. The summed E-state index contributed by atoms with van der Waals surface area (Å²) in [6.45, 7) is -3.61. The second-order valence-corrected chi connectivity index (χ2v) is 2.41. The lowest BCUT2D eigenvalue weighted by Gasteiger charge is -2.07. The molecule has 0 aliphatic rings. The molecular formula is C6H5BrF2N2. The highest BCUT2D eigenvalue weighted by molar-refractivity contribution is 9.10. The van der Waals surface area contributed by atoms with Crippen LogP contribution in [-0.4, -0.2) is 9.97 Å². The lowest BCUT2D eigenvalue weighted by Crippen LogP contribution is -2.09. The van der Waals surface area contributed by atoms with Gasteiger partial charge in [-0.25, -0.2) is 4.98 Å². The first-order valence-electron chi connectivity index (χ1n) is 4.96. The van der Waals surface area contributed by atoms with Gasteiger partial charge in [0.1, 0.15) is 10.3 Å². The van der Waals surface area contributed by atoms with Crippen molar-refractivity contribution in [2.75, 3.05) is 0 Å². The van der Waals surface area contributed by atoms with Crippen molar-refractivity contribution in [1.82, 2.24) is 9.97 Å². The van der Waals surface area contributed by atoms with Crippen LogP contribution in [0.25, 0.3) is 0 Å². The largest absolute Gasteiger partial charge is 0.288 e. The Morgan fingerprint density at radius 2 is 2.45 bits per heavy atom. The summed E-state index contributed by atoms with van der Waals surface area (Å²) in [5, 5.41) is 0. The fraction of sp³-hybridized carbons (Fsp3) is 0.333. The van der Waals surface area contributed by atoms with Crippen LogP contribution in [0.15, 0.2) is 16.9 Å². The predicted molar refractivity (Wildman–Crippen MR) is 39.3 cm³/mol. The standard InChI is InChI=1S/C6H5BrF2N2/c1-6(8,9)4-2-10-3-5(7)11-4/h2-3H,1H3/i1D3,2D,3D. The average molecular weight is 228 g/mol. The molecule has 0 aliphatic heterocycles. The van der Waals surface area contributed by atoms with E-state index in [9.17, 15) is 8.78 Å². The van der Waals surface area contributed by atoms with Crippen molar-refractivity contribution in [1.29, 1.82) is 0 Å². The number of hydrogen-bond donors (Lipinski definition) is 0. The predicted octanol–water partition coefficient (Wildman–Crippen LogP) is 2.35. The van der Waals surface area contributed by atoms with E-state index < -0.39 is 30.8 Å². The fourth-order valence-corrected chi connectivity index (χ4v) is 0.682. The molecule has 0 spiro atoms. The number of hydrogen-bond acceptors (Lipinski definition) is 2. The van der Waals surface area contributed by atoms with Crippen molar-refractivity contribution in [3.8, 4) is 0 Å². The van der Waals surface area contributed by atoms with Crippen molar-refractivity contribution in [3.63, 3.8) is 0 Å². The molecule has 1 aromatic heterocycles. The average Bonchev–Trinajstić information content (AvgIpc) is 2.09. The van der Waals surface area contributed by atoms with Gasteiger partial charge in [-0.15, -0.1) is 0 Å². The minimum Gasteiger partial charge on any atom is -0.260 e. The molecule has 0 bridgehead atoms. The minimum atomic E-state index is -4.27. The van der Waals surface area contributed by atoms with Gasteiger partial charge in [-0.3, -0.25) is 4.98 Å². The summed E-state index contributed by atoms with van der Waals surface area (Å²) < 4.78 is 60.6. The second kappa shape index (κ2) is 2.81. The molecule has 2 nitrogen and oxygen atoms in total. The number of alkyl halides is 2. The highest BCUT2D eigenvalue weighted by Crippen LogP contribution is 2.24. The Morgan fingerprint density at radius 3 is 3.09 bits per heavy atom. The van der Waals surface area contributed by atoms with Crippen LogP contribution in [0.2, 0.25) is 0 Å².